The predicted molar refractivity (Wildman–Crippen MR) is 120 cm³/mol. The van der Waals surface area contributed by atoms with Crippen molar-refractivity contribution in [1.82, 2.24) is 24.2 Å². The number of hydrogen-bond donors (Lipinski definition) is 0. The van der Waals surface area contributed by atoms with Crippen molar-refractivity contribution in [2.75, 3.05) is 0 Å². The summed E-state index contributed by atoms with van der Waals surface area (Å²) in [5, 5.41) is 0. The summed E-state index contributed by atoms with van der Waals surface area (Å²) < 4.78 is 119. The number of sulfonamides is 1. The van der Waals surface area contributed by atoms with Gasteiger partial charge in [0, 0.05) is 30.1 Å². The quantitative estimate of drug-likeness (QED) is 0.384. The van der Waals surface area contributed by atoms with Crippen molar-refractivity contribution in [3.8, 4) is 11.3 Å². The van der Waals surface area contributed by atoms with Gasteiger partial charge in [0.25, 0.3) is 0 Å². The first-order valence-corrected chi connectivity index (χ1v) is 12.7. The second kappa shape index (κ2) is 10.6. The fourth-order valence-corrected chi connectivity index (χ4v) is 6.02. The third-order valence-electron chi connectivity index (χ3n) is 6.02. The number of aryl methyl sites for hydroxylation is 1. The van der Waals surface area contributed by atoms with E-state index in [0.29, 0.717) is 0 Å². The van der Waals surface area contributed by atoms with Crippen molar-refractivity contribution in [2.24, 2.45) is 0 Å². The van der Waals surface area contributed by atoms with Crippen LogP contribution in [0.15, 0.2) is 53.9 Å². The molecule has 0 N–H and O–H groups in total. The standard InChI is InChI=1S/C23H18F7N5O3S/c24-14-1-4-16(5-2-14)39(37,38)35-18(6-8-20(35)22(25,26)27)19(36)7-3-15-9-17(34-12-33-15)13-10-31-21(32-11-13)23(28,29)30/h1-2,4-5,9-12,18,20H,3,6-8H2/t18-,20+/m1/s1. The largest absolute Gasteiger partial charge is 0.451 e. The second-order valence-corrected chi connectivity index (χ2v) is 10.4. The molecule has 2 aromatic heterocycles. The van der Waals surface area contributed by atoms with Gasteiger partial charge >= 0.3 is 12.4 Å². The number of rotatable bonds is 7. The van der Waals surface area contributed by atoms with Gasteiger partial charge in [0.15, 0.2) is 5.78 Å². The van der Waals surface area contributed by atoms with Crippen molar-refractivity contribution in [2.45, 2.75) is 55.0 Å². The molecule has 1 fully saturated rings. The van der Waals surface area contributed by atoms with Crippen LogP contribution in [-0.2, 0) is 27.4 Å². The molecule has 0 saturated carbocycles. The Bertz CT molecular complexity index is 1450. The van der Waals surface area contributed by atoms with Crippen LogP contribution < -0.4 is 0 Å². The molecule has 208 valence electrons. The summed E-state index contributed by atoms with van der Waals surface area (Å²) in [5.74, 6) is -2.92. The van der Waals surface area contributed by atoms with E-state index in [-0.39, 0.29) is 40.5 Å². The Labute approximate surface area is 217 Å². The number of carbonyl (C=O) groups is 1. The third-order valence-corrected chi connectivity index (χ3v) is 7.95. The van der Waals surface area contributed by atoms with Gasteiger partial charge in [-0.05, 0) is 49.6 Å². The van der Waals surface area contributed by atoms with E-state index in [1.54, 1.807) is 0 Å². The molecule has 2 atom stereocenters. The first kappa shape index (κ1) is 28.5. The zero-order valence-corrected chi connectivity index (χ0v) is 20.4. The van der Waals surface area contributed by atoms with E-state index >= 15 is 0 Å². The summed E-state index contributed by atoms with van der Waals surface area (Å²) in [7, 11) is -4.82. The van der Waals surface area contributed by atoms with Gasteiger partial charge < -0.3 is 0 Å². The van der Waals surface area contributed by atoms with E-state index < -0.39 is 63.2 Å². The average molecular weight is 577 g/mol. The van der Waals surface area contributed by atoms with Gasteiger partial charge in [-0.15, -0.1) is 0 Å². The average Bonchev–Trinajstić information content (AvgIpc) is 3.35. The zero-order valence-electron chi connectivity index (χ0n) is 19.6. The molecule has 0 bridgehead atoms. The summed E-state index contributed by atoms with van der Waals surface area (Å²) in [6.07, 6.45) is -8.31. The van der Waals surface area contributed by atoms with Gasteiger partial charge in [-0.25, -0.2) is 32.7 Å². The smallest absolute Gasteiger partial charge is 0.298 e. The molecule has 16 heteroatoms. The number of carbonyl (C=O) groups excluding carboxylic acids is 1. The maximum absolute atomic E-state index is 13.7. The Morgan fingerprint density at radius 2 is 1.59 bits per heavy atom. The maximum Gasteiger partial charge on any atom is 0.451 e. The second-order valence-electron chi connectivity index (χ2n) is 8.59. The number of ketones is 1. The summed E-state index contributed by atoms with van der Waals surface area (Å²) in [5.41, 5.74) is 0.490. The fourth-order valence-electron chi connectivity index (χ4n) is 4.18. The van der Waals surface area contributed by atoms with Crippen LogP contribution in [0.3, 0.4) is 0 Å². The molecule has 0 spiro atoms. The van der Waals surface area contributed by atoms with Crippen LogP contribution in [0, 0.1) is 5.82 Å². The van der Waals surface area contributed by atoms with E-state index in [2.05, 4.69) is 19.9 Å². The van der Waals surface area contributed by atoms with Crippen molar-refractivity contribution in [3.05, 3.63) is 66.4 Å². The van der Waals surface area contributed by atoms with Gasteiger partial charge in [-0.1, -0.05) is 0 Å². The number of hydrogen-bond acceptors (Lipinski definition) is 7. The highest BCUT2D eigenvalue weighted by atomic mass is 32.2. The molecule has 4 rings (SSSR count). The SMILES string of the molecule is O=C(CCc1cc(-c2cnc(C(F)(F)F)nc2)ncn1)[C@H]1CC[C@@H](C(F)(F)F)N1S(=O)(=O)c1ccc(F)cc1. The highest BCUT2D eigenvalue weighted by molar-refractivity contribution is 7.89. The molecule has 1 aromatic carbocycles. The molecule has 1 aliphatic heterocycles. The van der Waals surface area contributed by atoms with Crippen LogP contribution in [0.2, 0.25) is 0 Å². The molecule has 0 aliphatic carbocycles. The van der Waals surface area contributed by atoms with Crippen molar-refractivity contribution in [3.63, 3.8) is 0 Å². The predicted octanol–water partition coefficient (Wildman–Crippen LogP) is 4.38. The van der Waals surface area contributed by atoms with E-state index in [9.17, 15) is 43.9 Å². The first-order chi connectivity index (χ1) is 18.2. The van der Waals surface area contributed by atoms with Crippen LogP contribution in [-0.4, -0.2) is 56.7 Å². The summed E-state index contributed by atoms with van der Waals surface area (Å²) in [6, 6.07) is 0.520. The lowest BCUT2D eigenvalue weighted by atomic mass is 10.0. The number of aromatic nitrogens is 4. The van der Waals surface area contributed by atoms with Gasteiger partial charge in [0.2, 0.25) is 15.8 Å². The minimum absolute atomic E-state index is 0.118. The number of halogens is 7. The van der Waals surface area contributed by atoms with Gasteiger partial charge in [0.1, 0.15) is 18.2 Å². The number of nitrogens with zero attached hydrogens (tertiary/aromatic N) is 5. The molecular weight excluding hydrogens is 559 g/mol. The van der Waals surface area contributed by atoms with Crippen molar-refractivity contribution >= 4 is 15.8 Å². The molecule has 3 aromatic rings. The monoisotopic (exact) mass is 577 g/mol. The minimum atomic E-state index is -4.95. The topological polar surface area (TPSA) is 106 Å². The molecule has 1 saturated heterocycles. The van der Waals surface area contributed by atoms with Crippen molar-refractivity contribution in [1.29, 1.82) is 0 Å². The van der Waals surface area contributed by atoms with Crippen LogP contribution in [0.5, 0.6) is 0 Å². The van der Waals surface area contributed by atoms with Crippen LogP contribution in [0.25, 0.3) is 11.3 Å². The third kappa shape index (κ3) is 6.21. The van der Waals surface area contributed by atoms with Gasteiger partial charge in [-0.3, -0.25) is 4.79 Å². The van der Waals surface area contributed by atoms with Gasteiger partial charge in [-0.2, -0.15) is 30.6 Å². The Morgan fingerprint density at radius 1 is 0.949 bits per heavy atom. The van der Waals surface area contributed by atoms with Crippen LogP contribution in [0.4, 0.5) is 30.7 Å². The molecule has 1 aliphatic rings. The Balaban J connectivity index is 1.53. The molecule has 0 amide bonds. The minimum Gasteiger partial charge on any atom is -0.298 e. The zero-order chi connectivity index (χ0) is 28.6. The molecule has 8 nitrogen and oxygen atoms in total. The lowest BCUT2D eigenvalue weighted by Crippen LogP contribution is -2.50. The first-order valence-electron chi connectivity index (χ1n) is 11.3. The molecule has 0 unspecified atom stereocenters. The van der Waals surface area contributed by atoms with Gasteiger partial charge in [0.05, 0.1) is 16.6 Å². The van der Waals surface area contributed by atoms with E-state index in [1.807, 2.05) is 0 Å². The van der Waals surface area contributed by atoms with E-state index in [1.165, 1.54) is 6.07 Å². The van der Waals surface area contributed by atoms with Crippen molar-refractivity contribution < 1.29 is 43.9 Å². The van der Waals surface area contributed by atoms with E-state index in [0.717, 1.165) is 43.0 Å². The van der Waals surface area contributed by atoms with E-state index in [4.69, 9.17) is 0 Å². The number of benzene rings is 1. The summed E-state index contributed by atoms with van der Waals surface area (Å²) in [4.78, 5) is 26.8. The molecular formula is C23H18F7N5O3S. The molecule has 3 heterocycles. The lowest BCUT2D eigenvalue weighted by molar-refractivity contribution is -0.167. The summed E-state index contributed by atoms with van der Waals surface area (Å²) in [6.45, 7) is 0. The fraction of sp³-hybridized carbons (Fsp3) is 0.348. The maximum atomic E-state index is 13.7. The number of Topliss-reactive ketones (excluding diaryl/α,β-unsaturated/α-hetero) is 1. The normalized spacial score (nSPS) is 18.8. The Hall–Kier alpha value is -3.53. The highest BCUT2D eigenvalue weighted by Crippen LogP contribution is 2.40. The van der Waals surface area contributed by atoms with Crippen LogP contribution in [0.1, 0.15) is 30.8 Å². The lowest BCUT2D eigenvalue weighted by Gasteiger charge is -2.30. The molecule has 0 radical (unpaired) electrons. The summed E-state index contributed by atoms with van der Waals surface area (Å²) >= 11 is 0. The highest BCUT2D eigenvalue weighted by Gasteiger charge is 2.56. The Morgan fingerprint density at radius 3 is 2.18 bits per heavy atom. The number of alkyl halides is 6. The molecule has 39 heavy (non-hydrogen) atoms. The van der Waals surface area contributed by atoms with Crippen LogP contribution >= 0.6 is 0 Å². The Kier molecular flexibility index (Phi) is 7.71.